The molecular formula is C9H12O3S. The van der Waals surface area contributed by atoms with E-state index in [0.29, 0.717) is 0 Å². The van der Waals surface area contributed by atoms with E-state index in [9.17, 15) is 8.42 Å². The minimum atomic E-state index is -3.31. The topological polar surface area (TPSA) is 54.4 Å². The van der Waals surface area contributed by atoms with Gasteiger partial charge in [0.25, 0.3) is 0 Å². The molecule has 4 heteroatoms. The summed E-state index contributed by atoms with van der Waals surface area (Å²) in [6.07, 6.45) is -0.829. The third-order valence-electron chi connectivity index (χ3n) is 1.56. The Kier molecular flexibility index (Phi) is 3.06. The van der Waals surface area contributed by atoms with Gasteiger partial charge < -0.3 is 5.11 Å². The number of rotatable bonds is 3. The van der Waals surface area contributed by atoms with E-state index >= 15 is 0 Å². The average molecular weight is 200 g/mol. The number of aliphatic hydroxyl groups is 1. The highest BCUT2D eigenvalue weighted by molar-refractivity contribution is 7.91. The Morgan fingerprint density at radius 2 is 1.85 bits per heavy atom. The van der Waals surface area contributed by atoms with E-state index in [1.54, 1.807) is 18.2 Å². The molecule has 13 heavy (non-hydrogen) atoms. The van der Waals surface area contributed by atoms with E-state index in [1.807, 2.05) is 0 Å². The molecule has 0 amide bonds. The van der Waals surface area contributed by atoms with E-state index in [-0.39, 0.29) is 10.6 Å². The van der Waals surface area contributed by atoms with Gasteiger partial charge in [0.1, 0.15) is 0 Å². The zero-order valence-corrected chi connectivity index (χ0v) is 8.16. The zero-order chi connectivity index (χ0) is 9.90. The van der Waals surface area contributed by atoms with Gasteiger partial charge in [0.2, 0.25) is 0 Å². The van der Waals surface area contributed by atoms with Crippen molar-refractivity contribution in [1.82, 2.24) is 0 Å². The van der Waals surface area contributed by atoms with Crippen LogP contribution in [-0.4, -0.2) is 25.4 Å². The summed E-state index contributed by atoms with van der Waals surface area (Å²) in [5, 5.41) is 8.97. The third-order valence-corrected chi connectivity index (χ3v) is 3.47. The normalized spacial score (nSPS) is 14.0. The molecule has 0 spiro atoms. The molecule has 0 radical (unpaired) electrons. The summed E-state index contributed by atoms with van der Waals surface area (Å²) in [7, 11) is -3.31. The summed E-state index contributed by atoms with van der Waals surface area (Å²) in [6, 6.07) is 8.13. The molecule has 1 aromatic rings. The predicted octanol–water partition coefficient (Wildman–Crippen LogP) is 0.841. The summed E-state index contributed by atoms with van der Waals surface area (Å²) >= 11 is 0. The third kappa shape index (κ3) is 2.82. The van der Waals surface area contributed by atoms with Gasteiger partial charge in [-0.15, -0.1) is 0 Å². The molecule has 0 aliphatic rings. The summed E-state index contributed by atoms with van der Waals surface area (Å²) in [5.41, 5.74) is 0. The van der Waals surface area contributed by atoms with Gasteiger partial charge in [0.15, 0.2) is 9.84 Å². The number of hydrogen-bond acceptors (Lipinski definition) is 3. The first-order chi connectivity index (χ1) is 6.02. The van der Waals surface area contributed by atoms with Gasteiger partial charge in [-0.3, -0.25) is 0 Å². The fourth-order valence-electron chi connectivity index (χ4n) is 1.04. The number of benzene rings is 1. The van der Waals surface area contributed by atoms with Gasteiger partial charge in [-0.05, 0) is 19.1 Å². The highest BCUT2D eigenvalue weighted by atomic mass is 32.2. The summed E-state index contributed by atoms with van der Waals surface area (Å²) in [6.45, 7) is 1.46. The molecule has 3 nitrogen and oxygen atoms in total. The molecule has 72 valence electrons. The Hall–Kier alpha value is -0.870. The van der Waals surface area contributed by atoms with Crippen LogP contribution < -0.4 is 0 Å². The molecule has 0 aromatic heterocycles. The van der Waals surface area contributed by atoms with Crippen LogP contribution in [0.5, 0.6) is 0 Å². The van der Waals surface area contributed by atoms with Crippen molar-refractivity contribution >= 4 is 9.84 Å². The van der Waals surface area contributed by atoms with Crippen molar-refractivity contribution in [3.63, 3.8) is 0 Å². The minimum Gasteiger partial charge on any atom is -0.392 e. The van der Waals surface area contributed by atoms with Crippen molar-refractivity contribution in [2.24, 2.45) is 0 Å². The van der Waals surface area contributed by atoms with Gasteiger partial charge >= 0.3 is 0 Å². The lowest BCUT2D eigenvalue weighted by Gasteiger charge is -2.05. The quantitative estimate of drug-likeness (QED) is 0.786. The van der Waals surface area contributed by atoms with Crippen LogP contribution in [0.2, 0.25) is 0 Å². The van der Waals surface area contributed by atoms with Gasteiger partial charge in [-0.1, -0.05) is 18.2 Å². The summed E-state index contributed by atoms with van der Waals surface area (Å²) < 4.78 is 23.0. The Labute approximate surface area is 77.9 Å². The van der Waals surface area contributed by atoms with Gasteiger partial charge in [0.05, 0.1) is 16.8 Å². The first-order valence-corrected chi connectivity index (χ1v) is 5.63. The molecular weight excluding hydrogens is 188 g/mol. The number of hydrogen-bond donors (Lipinski definition) is 1. The van der Waals surface area contributed by atoms with E-state index in [4.69, 9.17) is 5.11 Å². The molecule has 0 bridgehead atoms. The van der Waals surface area contributed by atoms with Crippen LogP contribution in [0, 0.1) is 0 Å². The molecule has 0 heterocycles. The van der Waals surface area contributed by atoms with Crippen molar-refractivity contribution in [1.29, 1.82) is 0 Å². The lowest BCUT2D eigenvalue weighted by atomic mass is 10.4. The van der Waals surface area contributed by atoms with Gasteiger partial charge in [-0.2, -0.15) is 0 Å². The zero-order valence-electron chi connectivity index (χ0n) is 7.34. The van der Waals surface area contributed by atoms with Gasteiger partial charge in [-0.25, -0.2) is 8.42 Å². The standard InChI is InChI=1S/C9H12O3S/c1-8(10)7-13(11,12)9-5-3-2-4-6-9/h2-6,8,10H,7H2,1H3/t8-/m1/s1. The van der Waals surface area contributed by atoms with Crippen LogP contribution >= 0.6 is 0 Å². The van der Waals surface area contributed by atoms with E-state index in [2.05, 4.69) is 0 Å². The molecule has 0 aliphatic carbocycles. The monoisotopic (exact) mass is 200 g/mol. The Morgan fingerprint density at radius 3 is 2.31 bits per heavy atom. The highest BCUT2D eigenvalue weighted by Gasteiger charge is 2.15. The number of sulfone groups is 1. The van der Waals surface area contributed by atoms with E-state index in [1.165, 1.54) is 19.1 Å². The van der Waals surface area contributed by atoms with E-state index < -0.39 is 15.9 Å². The fourth-order valence-corrected chi connectivity index (χ4v) is 2.44. The second kappa shape index (κ2) is 3.89. The average Bonchev–Trinajstić information content (AvgIpc) is 2.04. The first-order valence-electron chi connectivity index (χ1n) is 3.98. The number of aliphatic hydroxyl groups excluding tert-OH is 1. The summed E-state index contributed by atoms with van der Waals surface area (Å²) in [5.74, 6) is -0.225. The SMILES string of the molecule is C[C@@H](O)CS(=O)(=O)c1ccccc1. The maximum atomic E-state index is 11.5. The molecule has 0 saturated carbocycles. The predicted molar refractivity (Wildman–Crippen MR) is 50.2 cm³/mol. The Bertz CT molecular complexity index is 354. The lowest BCUT2D eigenvalue weighted by molar-refractivity contribution is 0.218. The van der Waals surface area contributed by atoms with Crippen LogP contribution in [0.3, 0.4) is 0 Å². The van der Waals surface area contributed by atoms with Crippen molar-refractivity contribution in [2.75, 3.05) is 5.75 Å². The molecule has 1 atom stereocenters. The van der Waals surface area contributed by atoms with Crippen LogP contribution in [0.4, 0.5) is 0 Å². The molecule has 1 N–H and O–H groups in total. The molecule has 0 fully saturated rings. The van der Waals surface area contributed by atoms with Crippen LogP contribution in [0.1, 0.15) is 6.92 Å². The first kappa shape index (κ1) is 10.2. The van der Waals surface area contributed by atoms with Crippen molar-refractivity contribution in [3.05, 3.63) is 30.3 Å². The second-order valence-electron chi connectivity index (χ2n) is 2.94. The van der Waals surface area contributed by atoms with Crippen LogP contribution in [0.15, 0.2) is 35.2 Å². The largest absolute Gasteiger partial charge is 0.392 e. The molecule has 0 aliphatic heterocycles. The van der Waals surface area contributed by atoms with Crippen molar-refractivity contribution in [3.8, 4) is 0 Å². The maximum Gasteiger partial charge on any atom is 0.180 e. The molecule has 0 saturated heterocycles. The summed E-state index contributed by atoms with van der Waals surface area (Å²) in [4.78, 5) is 0.260. The molecule has 1 rings (SSSR count). The maximum absolute atomic E-state index is 11.5. The smallest absolute Gasteiger partial charge is 0.180 e. The lowest BCUT2D eigenvalue weighted by Crippen LogP contribution is -2.17. The second-order valence-corrected chi connectivity index (χ2v) is 4.98. The Morgan fingerprint density at radius 1 is 1.31 bits per heavy atom. The van der Waals surface area contributed by atoms with Crippen LogP contribution in [0.25, 0.3) is 0 Å². The molecule has 1 aromatic carbocycles. The Balaban J connectivity index is 2.96. The van der Waals surface area contributed by atoms with Crippen LogP contribution in [-0.2, 0) is 9.84 Å². The van der Waals surface area contributed by atoms with Crippen molar-refractivity contribution < 1.29 is 13.5 Å². The fraction of sp³-hybridized carbons (Fsp3) is 0.333. The van der Waals surface area contributed by atoms with Gasteiger partial charge in [0, 0.05) is 0 Å². The molecule has 0 unspecified atom stereocenters. The van der Waals surface area contributed by atoms with E-state index in [0.717, 1.165) is 0 Å². The van der Waals surface area contributed by atoms with Crippen molar-refractivity contribution in [2.45, 2.75) is 17.9 Å². The minimum absolute atomic E-state index is 0.225. The highest BCUT2D eigenvalue weighted by Crippen LogP contribution is 2.10.